The Morgan fingerprint density at radius 2 is 1.90 bits per heavy atom. The highest BCUT2D eigenvalue weighted by atomic mass is 16.5. The summed E-state index contributed by atoms with van der Waals surface area (Å²) in [5, 5.41) is 0. The number of methoxy groups -OCH3 is 1. The normalized spacial score (nSPS) is 10.2. The zero-order valence-electron chi connectivity index (χ0n) is 12.9. The van der Waals surface area contributed by atoms with E-state index < -0.39 is 0 Å². The van der Waals surface area contributed by atoms with Crippen LogP contribution in [0, 0.1) is 11.8 Å². The summed E-state index contributed by atoms with van der Waals surface area (Å²) in [5.41, 5.74) is 7.64. The third kappa shape index (κ3) is 5.24. The van der Waals surface area contributed by atoms with Crippen LogP contribution in [0.2, 0.25) is 0 Å². The van der Waals surface area contributed by atoms with Gasteiger partial charge in [-0.05, 0) is 43.6 Å². The molecule has 0 fully saturated rings. The highest BCUT2D eigenvalue weighted by molar-refractivity contribution is 5.48. The molecule has 0 heterocycles. The summed E-state index contributed by atoms with van der Waals surface area (Å²) in [5.74, 6) is 6.79. The van der Waals surface area contributed by atoms with E-state index in [0.717, 1.165) is 30.9 Å². The minimum Gasteiger partial charge on any atom is -0.495 e. The highest BCUT2D eigenvalue weighted by Crippen LogP contribution is 2.20. The van der Waals surface area contributed by atoms with Crippen molar-refractivity contribution in [2.75, 3.05) is 26.7 Å². The number of hydrogen-bond acceptors (Lipinski definition) is 3. The van der Waals surface area contributed by atoms with Crippen LogP contribution in [0.1, 0.15) is 37.8 Å². The molecular weight excluding hydrogens is 248 g/mol. The molecule has 0 aliphatic carbocycles. The Morgan fingerprint density at radius 1 is 1.20 bits per heavy atom. The van der Waals surface area contributed by atoms with Crippen molar-refractivity contribution in [3.05, 3.63) is 29.3 Å². The lowest BCUT2D eigenvalue weighted by molar-refractivity contribution is 0.266. The largest absolute Gasteiger partial charge is 0.495 e. The van der Waals surface area contributed by atoms with Crippen LogP contribution < -0.4 is 10.5 Å². The van der Waals surface area contributed by atoms with Gasteiger partial charge in [0, 0.05) is 6.54 Å². The molecule has 2 N–H and O–H groups in total. The van der Waals surface area contributed by atoms with Crippen molar-refractivity contribution >= 4 is 0 Å². The number of rotatable bonds is 7. The Kier molecular flexibility index (Phi) is 7.79. The smallest absolute Gasteiger partial charge is 0.134 e. The summed E-state index contributed by atoms with van der Waals surface area (Å²) in [6, 6.07) is 6.22. The summed E-state index contributed by atoms with van der Waals surface area (Å²) in [6.45, 7) is 8.02. The standard InChI is InChI=1S/C17H26N2O/c1-4-11-19(12-5-2)14-15-8-9-17(20-3)16(13-15)7-6-10-18/h8-9,13H,4-5,10-12,14,18H2,1-3H3. The van der Waals surface area contributed by atoms with Gasteiger partial charge in [-0.15, -0.1) is 0 Å². The van der Waals surface area contributed by atoms with E-state index in [9.17, 15) is 0 Å². The van der Waals surface area contributed by atoms with E-state index in [1.165, 1.54) is 18.4 Å². The summed E-state index contributed by atoms with van der Waals surface area (Å²) in [6.07, 6.45) is 2.35. The molecule has 0 saturated carbocycles. The van der Waals surface area contributed by atoms with Gasteiger partial charge in [0.2, 0.25) is 0 Å². The predicted molar refractivity (Wildman–Crippen MR) is 84.8 cm³/mol. The zero-order valence-corrected chi connectivity index (χ0v) is 12.9. The number of nitrogens with zero attached hydrogens (tertiary/aromatic N) is 1. The van der Waals surface area contributed by atoms with Gasteiger partial charge in [0.05, 0.1) is 19.2 Å². The quantitative estimate of drug-likeness (QED) is 0.777. The second-order valence-corrected chi connectivity index (χ2v) is 4.82. The molecule has 1 aromatic rings. The van der Waals surface area contributed by atoms with E-state index in [1.54, 1.807) is 7.11 Å². The van der Waals surface area contributed by atoms with Crippen molar-refractivity contribution in [1.82, 2.24) is 4.90 Å². The zero-order chi connectivity index (χ0) is 14.8. The lowest BCUT2D eigenvalue weighted by Crippen LogP contribution is -2.24. The molecule has 0 bridgehead atoms. The van der Waals surface area contributed by atoms with Crippen LogP contribution in [-0.2, 0) is 6.54 Å². The van der Waals surface area contributed by atoms with Gasteiger partial charge in [0.25, 0.3) is 0 Å². The van der Waals surface area contributed by atoms with Crippen molar-refractivity contribution in [3.63, 3.8) is 0 Å². The summed E-state index contributed by atoms with van der Waals surface area (Å²) in [4.78, 5) is 2.47. The maximum atomic E-state index is 5.44. The second-order valence-electron chi connectivity index (χ2n) is 4.82. The van der Waals surface area contributed by atoms with E-state index in [1.807, 2.05) is 6.07 Å². The van der Waals surface area contributed by atoms with Crippen LogP contribution in [0.15, 0.2) is 18.2 Å². The minimum absolute atomic E-state index is 0.366. The molecule has 0 atom stereocenters. The number of ether oxygens (including phenoxy) is 1. The van der Waals surface area contributed by atoms with E-state index in [0.29, 0.717) is 6.54 Å². The second kappa shape index (κ2) is 9.41. The Hall–Kier alpha value is -1.50. The molecule has 1 rings (SSSR count). The summed E-state index contributed by atoms with van der Waals surface area (Å²) >= 11 is 0. The third-order valence-corrected chi connectivity index (χ3v) is 3.07. The van der Waals surface area contributed by atoms with Gasteiger partial charge in [-0.1, -0.05) is 31.8 Å². The fourth-order valence-electron chi connectivity index (χ4n) is 2.26. The molecule has 0 aliphatic rings. The van der Waals surface area contributed by atoms with Crippen molar-refractivity contribution in [2.45, 2.75) is 33.2 Å². The fraction of sp³-hybridized carbons (Fsp3) is 0.529. The highest BCUT2D eigenvalue weighted by Gasteiger charge is 2.07. The van der Waals surface area contributed by atoms with E-state index in [4.69, 9.17) is 10.5 Å². The van der Waals surface area contributed by atoms with E-state index in [2.05, 4.69) is 42.7 Å². The first-order valence-electron chi connectivity index (χ1n) is 7.33. The average molecular weight is 274 g/mol. The van der Waals surface area contributed by atoms with E-state index in [-0.39, 0.29) is 0 Å². The van der Waals surface area contributed by atoms with Gasteiger partial charge in [-0.3, -0.25) is 4.90 Å². The van der Waals surface area contributed by atoms with Gasteiger partial charge in [-0.2, -0.15) is 0 Å². The van der Waals surface area contributed by atoms with Crippen LogP contribution in [0.25, 0.3) is 0 Å². The topological polar surface area (TPSA) is 38.5 Å². The van der Waals surface area contributed by atoms with Crippen molar-refractivity contribution < 1.29 is 4.74 Å². The fourth-order valence-corrected chi connectivity index (χ4v) is 2.26. The van der Waals surface area contributed by atoms with Gasteiger partial charge in [0.1, 0.15) is 5.75 Å². The van der Waals surface area contributed by atoms with Crippen LogP contribution in [0.5, 0.6) is 5.75 Å². The number of benzene rings is 1. The van der Waals surface area contributed by atoms with Crippen LogP contribution in [0.4, 0.5) is 0 Å². The first-order valence-corrected chi connectivity index (χ1v) is 7.33. The molecule has 20 heavy (non-hydrogen) atoms. The first kappa shape index (κ1) is 16.6. The van der Waals surface area contributed by atoms with Crippen LogP contribution in [0.3, 0.4) is 0 Å². The molecule has 0 unspecified atom stereocenters. The lowest BCUT2D eigenvalue weighted by Gasteiger charge is -2.21. The average Bonchev–Trinajstić information content (AvgIpc) is 2.46. The van der Waals surface area contributed by atoms with Gasteiger partial charge in [0.15, 0.2) is 0 Å². The molecule has 0 spiro atoms. The van der Waals surface area contributed by atoms with Crippen LogP contribution in [-0.4, -0.2) is 31.6 Å². The maximum absolute atomic E-state index is 5.44. The Labute approximate surface area is 123 Å². The summed E-state index contributed by atoms with van der Waals surface area (Å²) < 4.78 is 5.34. The SMILES string of the molecule is CCCN(CCC)Cc1ccc(OC)c(C#CCN)c1. The molecule has 3 nitrogen and oxygen atoms in total. The molecular formula is C17H26N2O. The van der Waals surface area contributed by atoms with Crippen molar-refractivity contribution in [3.8, 4) is 17.6 Å². The molecule has 0 aromatic heterocycles. The third-order valence-electron chi connectivity index (χ3n) is 3.07. The van der Waals surface area contributed by atoms with E-state index >= 15 is 0 Å². The lowest BCUT2D eigenvalue weighted by atomic mass is 10.1. The van der Waals surface area contributed by atoms with Gasteiger partial charge in [-0.25, -0.2) is 0 Å². The summed E-state index contributed by atoms with van der Waals surface area (Å²) in [7, 11) is 1.67. The molecule has 0 saturated heterocycles. The first-order chi connectivity index (χ1) is 9.74. The van der Waals surface area contributed by atoms with Gasteiger partial charge < -0.3 is 10.5 Å². The van der Waals surface area contributed by atoms with Gasteiger partial charge >= 0.3 is 0 Å². The molecule has 110 valence electrons. The van der Waals surface area contributed by atoms with Crippen molar-refractivity contribution in [2.24, 2.45) is 5.73 Å². The minimum atomic E-state index is 0.366. The monoisotopic (exact) mass is 274 g/mol. The molecule has 3 heteroatoms. The van der Waals surface area contributed by atoms with Crippen LogP contribution >= 0.6 is 0 Å². The molecule has 1 aromatic carbocycles. The molecule has 0 amide bonds. The number of nitrogens with two attached hydrogens (primary N) is 1. The Morgan fingerprint density at radius 3 is 2.45 bits per heavy atom. The molecule has 0 radical (unpaired) electrons. The maximum Gasteiger partial charge on any atom is 0.134 e. The predicted octanol–water partition coefficient (Wildman–Crippen LogP) is 2.63. The molecule has 0 aliphatic heterocycles. The van der Waals surface area contributed by atoms with Crippen molar-refractivity contribution in [1.29, 1.82) is 0 Å². The Bertz CT molecular complexity index is 454. The Balaban J connectivity index is 2.89. The number of hydrogen-bond donors (Lipinski definition) is 1.